The number of carbonyl (C=O) groups excluding carboxylic acids is 1. The second-order valence-electron chi connectivity index (χ2n) is 5.83. The van der Waals surface area contributed by atoms with Gasteiger partial charge in [0.05, 0.1) is 19.1 Å². The predicted molar refractivity (Wildman–Crippen MR) is 117 cm³/mol. The van der Waals surface area contributed by atoms with Gasteiger partial charge in [-0.05, 0) is 47.9 Å². The quantitative estimate of drug-likeness (QED) is 0.449. The average Bonchev–Trinajstić information content (AvgIpc) is 2.92. The van der Waals surface area contributed by atoms with Crippen molar-refractivity contribution in [1.29, 1.82) is 0 Å². The fourth-order valence-corrected chi connectivity index (χ4v) is 4.44. The van der Waals surface area contributed by atoms with Crippen LogP contribution in [0.2, 0.25) is 0 Å². The van der Waals surface area contributed by atoms with Crippen LogP contribution in [0, 0.1) is 0 Å². The molecule has 7 heteroatoms. The van der Waals surface area contributed by atoms with E-state index in [0.717, 1.165) is 15.6 Å². The van der Waals surface area contributed by atoms with E-state index < -0.39 is 0 Å². The minimum atomic E-state index is -0.0505. The van der Waals surface area contributed by atoms with E-state index in [9.17, 15) is 4.79 Å². The van der Waals surface area contributed by atoms with E-state index in [2.05, 4.69) is 15.9 Å². The van der Waals surface area contributed by atoms with E-state index >= 15 is 0 Å². The number of carbonyl (C=O) groups is 1. The molecule has 0 aromatic heterocycles. The van der Waals surface area contributed by atoms with E-state index in [-0.39, 0.29) is 5.91 Å². The van der Waals surface area contributed by atoms with Crippen molar-refractivity contribution >= 4 is 56.2 Å². The van der Waals surface area contributed by atoms with Gasteiger partial charge in [-0.3, -0.25) is 9.69 Å². The second-order valence-corrected chi connectivity index (χ2v) is 8.42. The molecule has 1 saturated heterocycles. The predicted octanol–water partition coefficient (Wildman–Crippen LogP) is 4.91. The van der Waals surface area contributed by atoms with Gasteiger partial charge in [-0.25, -0.2) is 0 Å². The van der Waals surface area contributed by atoms with Gasteiger partial charge in [0.1, 0.15) is 4.32 Å². The number of halogens is 1. The monoisotopic (exact) mass is 463 g/mol. The molecule has 0 N–H and O–H groups in total. The number of rotatable bonds is 6. The normalized spacial score (nSPS) is 15.5. The first-order valence-electron chi connectivity index (χ1n) is 8.23. The summed E-state index contributed by atoms with van der Waals surface area (Å²) in [5, 5.41) is 0. The third-order valence-electron chi connectivity index (χ3n) is 4.09. The highest BCUT2D eigenvalue weighted by Crippen LogP contribution is 2.33. The van der Waals surface area contributed by atoms with Gasteiger partial charge in [0, 0.05) is 11.0 Å². The molecule has 3 rings (SSSR count). The summed E-state index contributed by atoms with van der Waals surface area (Å²) in [5.74, 6) is 1.31. The highest BCUT2D eigenvalue weighted by molar-refractivity contribution is 9.10. The molecular formula is C20H18BrNO3S2. The van der Waals surface area contributed by atoms with Gasteiger partial charge in [-0.15, -0.1) is 0 Å². The van der Waals surface area contributed by atoms with Gasteiger partial charge in [0.15, 0.2) is 11.5 Å². The van der Waals surface area contributed by atoms with Gasteiger partial charge < -0.3 is 9.47 Å². The Morgan fingerprint density at radius 2 is 1.93 bits per heavy atom. The lowest BCUT2D eigenvalue weighted by atomic mass is 10.1. The fourth-order valence-electron chi connectivity index (χ4n) is 2.72. The standard InChI is InChI=1S/C20H18BrNO3S2/c1-24-16-7-6-13(11-17(16)25-2)8-9-22-19(23)18(27-20(22)26)12-14-4-3-5-15(21)10-14/h3-7,10-12H,8-9H2,1-2H3. The Balaban J connectivity index is 1.71. The molecule has 0 aliphatic carbocycles. The van der Waals surface area contributed by atoms with Crippen molar-refractivity contribution in [3.63, 3.8) is 0 Å². The fraction of sp³-hybridized carbons (Fsp3) is 0.200. The van der Waals surface area contributed by atoms with Gasteiger partial charge >= 0.3 is 0 Å². The van der Waals surface area contributed by atoms with Gasteiger partial charge in [-0.1, -0.05) is 58.1 Å². The first-order chi connectivity index (χ1) is 13.0. The van der Waals surface area contributed by atoms with Crippen molar-refractivity contribution in [1.82, 2.24) is 4.90 Å². The SMILES string of the molecule is COc1ccc(CCN2C(=O)C(=Cc3cccc(Br)c3)SC2=S)cc1OC. The number of thioether (sulfide) groups is 1. The van der Waals surface area contributed by atoms with Gasteiger partial charge in [-0.2, -0.15) is 0 Å². The number of ether oxygens (including phenoxy) is 2. The van der Waals surface area contributed by atoms with Crippen LogP contribution < -0.4 is 9.47 Å². The molecule has 4 nitrogen and oxygen atoms in total. The molecule has 0 atom stereocenters. The molecule has 0 unspecified atom stereocenters. The molecule has 2 aromatic rings. The zero-order valence-electron chi connectivity index (χ0n) is 14.9. The van der Waals surface area contributed by atoms with Crippen molar-refractivity contribution in [2.45, 2.75) is 6.42 Å². The maximum atomic E-state index is 12.7. The summed E-state index contributed by atoms with van der Waals surface area (Å²) in [6.45, 7) is 0.524. The lowest BCUT2D eigenvalue weighted by molar-refractivity contribution is -0.122. The van der Waals surface area contributed by atoms with Crippen LogP contribution in [0.15, 0.2) is 51.8 Å². The lowest BCUT2D eigenvalue weighted by Crippen LogP contribution is -2.30. The Hall–Kier alpha value is -1.83. The van der Waals surface area contributed by atoms with E-state index in [1.54, 1.807) is 19.1 Å². The summed E-state index contributed by atoms with van der Waals surface area (Å²) in [6.07, 6.45) is 2.55. The van der Waals surface area contributed by atoms with Crippen molar-refractivity contribution in [2.24, 2.45) is 0 Å². The number of nitrogens with zero attached hydrogens (tertiary/aromatic N) is 1. The summed E-state index contributed by atoms with van der Waals surface area (Å²) < 4.78 is 12.2. The zero-order valence-corrected chi connectivity index (χ0v) is 18.1. The molecule has 27 heavy (non-hydrogen) atoms. The Labute approximate surface area is 176 Å². The molecule has 1 aliphatic heterocycles. The van der Waals surface area contributed by atoms with Gasteiger partial charge in [0.2, 0.25) is 0 Å². The number of amides is 1. The largest absolute Gasteiger partial charge is 0.493 e. The first kappa shape index (κ1) is 19.9. The van der Waals surface area contributed by atoms with Crippen LogP contribution >= 0.6 is 39.9 Å². The number of thiocarbonyl (C=S) groups is 1. The smallest absolute Gasteiger partial charge is 0.266 e. The molecule has 1 heterocycles. The van der Waals surface area contributed by atoms with Crippen molar-refractivity contribution in [3.05, 3.63) is 63.0 Å². The summed E-state index contributed by atoms with van der Waals surface area (Å²) >= 11 is 10.2. The molecule has 0 radical (unpaired) electrons. The highest BCUT2D eigenvalue weighted by Gasteiger charge is 2.31. The minimum absolute atomic E-state index is 0.0505. The Morgan fingerprint density at radius 1 is 1.15 bits per heavy atom. The van der Waals surface area contributed by atoms with Crippen LogP contribution in [0.1, 0.15) is 11.1 Å². The third-order valence-corrected chi connectivity index (χ3v) is 5.96. The van der Waals surface area contributed by atoms with E-state index in [0.29, 0.717) is 33.7 Å². The van der Waals surface area contributed by atoms with Crippen LogP contribution in [0.4, 0.5) is 0 Å². The maximum absolute atomic E-state index is 12.7. The van der Waals surface area contributed by atoms with E-state index in [1.165, 1.54) is 11.8 Å². The lowest BCUT2D eigenvalue weighted by Gasteiger charge is -2.15. The molecule has 140 valence electrons. The molecule has 1 amide bonds. The third kappa shape index (κ3) is 4.72. The van der Waals surface area contributed by atoms with E-state index in [4.69, 9.17) is 21.7 Å². The average molecular weight is 464 g/mol. The number of benzene rings is 2. The van der Waals surface area contributed by atoms with Crippen molar-refractivity contribution < 1.29 is 14.3 Å². The molecule has 0 bridgehead atoms. The van der Waals surface area contributed by atoms with Crippen LogP contribution in [0.3, 0.4) is 0 Å². The summed E-state index contributed by atoms with van der Waals surface area (Å²) in [6, 6.07) is 13.6. The van der Waals surface area contributed by atoms with Gasteiger partial charge in [0.25, 0.3) is 5.91 Å². The molecule has 1 aliphatic rings. The summed E-state index contributed by atoms with van der Waals surface area (Å²) in [5.41, 5.74) is 2.02. The Kier molecular flexibility index (Phi) is 6.57. The zero-order chi connectivity index (χ0) is 19.4. The number of hydrogen-bond donors (Lipinski definition) is 0. The van der Waals surface area contributed by atoms with Crippen LogP contribution in [-0.2, 0) is 11.2 Å². The number of methoxy groups -OCH3 is 2. The molecule has 0 spiro atoms. The number of hydrogen-bond acceptors (Lipinski definition) is 5. The van der Waals surface area contributed by atoms with Crippen molar-refractivity contribution in [2.75, 3.05) is 20.8 Å². The van der Waals surface area contributed by atoms with Crippen LogP contribution in [0.25, 0.3) is 6.08 Å². The second kappa shape index (κ2) is 8.91. The highest BCUT2D eigenvalue weighted by atomic mass is 79.9. The topological polar surface area (TPSA) is 38.8 Å². The van der Waals surface area contributed by atoms with Crippen LogP contribution in [0.5, 0.6) is 11.5 Å². The molecular weight excluding hydrogens is 446 g/mol. The maximum Gasteiger partial charge on any atom is 0.266 e. The minimum Gasteiger partial charge on any atom is -0.493 e. The van der Waals surface area contributed by atoms with E-state index in [1.807, 2.05) is 48.5 Å². The Morgan fingerprint density at radius 3 is 2.63 bits per heavy atom. The molecule has 1 fully saturated rings. The first-order valence-corrected chi connectivity index (χ1v) is 10.3. The Bertz CT molecular complexity index is 914. The molecule has 0 saturated carbocycles. The molecule has 2 aromatic carbocycles. The van der Waals surface area contributed by atoms with Crippen molar-refractivity contribution in [3.8, 4) is 11.5 Å². The summed E-state index contributed by atoms with van der Waals surface area (Å²) in [4.78, 5) is 15.0. The summed E-state index contributed by atoms with van der Waals surface area (Å²) in [7, 11) is 3.21. The van der Waals surface area contributed by atoms with Crippen LogP contribution in [-0.4, -0.2) is 35.9 Å².